The summed E-state index contributed by atoms with van der Waals surface area (Å²) in [5, 5.41) is 16.1. The van der Waals surface area contributed by atoms with Crippen molar-refractivity contribution in [2.45, 2.75) is 38.6 Å². The van der Waals surface area contributed by atoms with Crippen molar-refractivity contribution in [2.75, 3.05) is 24.7 Å². The molecule has 0 radical (unpaired) electrons. The number of fused-ring (bicyclic) bond motifs is 1. The van der Waals surface area contributed by atoms with Crippen LogP contribution in [0.1, 0.15) is 41.8 Å². The van der Waals surface area contributed by atoms with Crippen molar-refractivity contribution in [3.8, 4) is 5.75 Å². The molecule has 8 heteroatoms. The lowest BCUT2D eigenvalue weighted by Gasteiger charge is -2.31. The van der Waals surface area contributed by atoms with Gasteiger partial charge >= 0.3 is 0 Å². The van der Waals surface area contributed by atoms with Gasteiger partial charge in [0.15, 0.2) is 0 Å². The zero-order valence-corrected chi connectivity index (χ0v) is 18.5. The highest BCUT2D eigenvalue weighted by Crippen LogP contribution is 2.35. The molecule has 0 saturated heterocycles. The van der Waals surface area contributed by atoms with E-state index in [4.69, 9.17) is 4.42 Å². The molecule has 2 aromatic heterocycles. The van der Waals surface area contributed by atoms with Crippen LogP contribution in [-0.4, -0.2) is 46.9 Å². The predicted octanol–water partition coefficient (Wildman–Crippen LogP) is 4.15. The zero-order chi connectivity index (χ0) is 22.8. The normalized spacial score (nSPS) is 18.6. The second kappa shape index (κ2) is 9.00. The van der Waals surface area contributed by atoms with Crippen molar-refractivity contribution >= 4 is 34.3 Å². The molecule has 0 atom stereocenters. The van der Waals surface area contributed by atoms with Crippen LogP contribution >= 0.6 is 0 Å². The van der Waals surface area contributed by atoms with Gasteiger partial charge in [-0.25, -0.2) is 4.98 Å². The van der Waals surface area contributed by atoms with E-state index < -0.39 is 5.91 Å². The Hall–Kier alpha value is -3.39. The van der Waals surface area contributed by atoms with E-state index in [1.54, 1.807) is 18.3 Å². The molecular weight excluding hydrogens is 408 g/mol. The quantitative estimate of drug-likeness (QED) is 0.555. The summed E-state index contributed by atoms with van der Waals surface area (Å²) in [7, 11) is 4.12. The Morgan fingerprint density at radius 2 is 1.84 bits per heavy atom. The number of phenolic OH excluding ortho intramolecular Hbond substituents is 1. The van der Waals surface area contributed by atoms with E-state index in [9.17, 15) is 14.7 Å². The number of aryl methyl sites for hydroxylation is 1. The first-order valence-corrected chi connectivity index (χ1v) is 10.8. The number of nitrogens with one attached hydrogen (secondary N) is 2. The standard InChI is InChI=1S/C24H28N4O4/c1-14-4-11-20(25-13-14)26-24(31)22-21(18-12-17(29)9-10-19(18)32-22)27-23(30)15-5-7-16(8-6-15)28(2)3/h4,9-13,15-16,29H,5-8H2,1-3H3,(H,27,30)(H,25,26,31). The van der Waals surface area contributed by atoms with Crippen LogP contribution in [0.25, 0.3) is 11.0 Å². The van der Waals surface area contributed by atoms with Crippen LogP contribution in [0, 0.1) is 12.8 Å². The van der Waals surface area contributed by atoms with Crippen molar-refractivity contribution in [3.05, 3.63) is 47.9 Å². The van der Waals surface area contributed by atoms with E-state index in [1.165, 1.54) is 12.1 Å². The molecule has 0 unspecified atom stereocenters. The van der Waals surface area contributed by atoms with Gasteiger partial charge in [0.2, 0.25) is 11.7 Å². The van der Waals surface area contributed by atoms with Gasteiger partial charge in [0.1, 0.15) is 22.8 Å². The van der Waals surface area contributed by atoms with E-state index >= 15 is 0 Å². The maximum Gasteiger partial charge on any atom is 0.294 e. The number of aromatic hydroxyl groups is 1. The molecule has 2 amide bonds. The van der Waals surface area contributed by atoms with Crippen LogP contribution < -0.4 is 10.6 Å². The Kier molecular flexibility index (Phi) is 6.14. The molecule has 0 aliphatic heterocycles. The summed E-state index contributed by atoms with van der Waals surface area (Å²) in [6.07, 6.45) is 5.11. The van der Waals surface area contributed by atoms with Crippen molar-refractivity contribution < 1.29 is 19.1 Å². The molecule has 2 heterocycles. The van der Waals surface area contributed by atoms with Crippen LogP contribution in [0.4, 0.5) is 11.5 Å². The van der Waals surface area contributed by atoms with Gasteiger partial charge in [-0.2, -0.15) is 0 Å². The molecular formula is C24H28N4O4. The lowest BCUT2D eigenvalue weighted by atomic mass is 9.85. The number of hydrogen-bond acceptors (Lipinski definition) is 6. The van der Waals surface area contributed by atoms with Crippen molar-refractivity contribution in [3.63, 3.8) is 0 Å². The number of rotatable bonds is 5. The summed E-state index contributed by atoms with van der Waals surface area (Å²) >= 11 is 0. The first kappa shape index (κ1) is 21.8. The van der Waals surface area contributed by atoms with E-state index in [-0.39, 0.29) is 29.0 Å². The predicted molar refractivity (Wildman–Crippen MR) is 123 cm³/mol. The number of benzene rings is 1. The number of carbonyl (C=O) groups excluding carboxylic acids is 2. The number of nitrogens with zero attached hydrogens (tertiary/aromatic N) is 2. The first-order valence-electron chi connectivity index (χ1n) is 10.8. The fourth-order valence-corrected chi connectivity index (χ4v) is 4.16. The average Bonchev–Trinajstić information content (AvgIpc) is 3.13. The summed E-state index contributed by atoms with van der Waals surface area (Å²) < 4.78 is 5.78. The highest BCUT2D eigenvalue weighted by molar-refractivity contribution is 6.14. The SMILES string of the molecule is Cc1ccc(NC(=O)c2oc3ccc(O)cc3c2NC(=O)C2CCC(N(C)C)CC2)nc1. The third-order valence-corrected chi connectivity index (χ3v) is 6.08. The molecule has 1 fully saturated rings. The highest BCUT2D eigenvalue weighted by atomic mass is 16.3. The Labute approximate surface area is 186 Å². The summed E-state index contributed by atoms with van der Waals surface area (Å²) in [5.41, 5.74) is 1.64. The second-order valence-electron chi connectivity index (χ2n) is 8.62. The van der Waals surface area contributed by atoms with E-state index in [0.29, 0.717) is 22.8 Å². The lowest BCUT2D eigenvalue weighted by Crippen LogP contribution is -2.35. The number of carbonyl (C=O) groups is 2. The molecule has 168 valence electrons. The maximum absolute atomic E-state index is 13.1. The van der Waals surface area contributed by atoms with Gasteiger partial charge in [-0.05, 0) is 76.5 Å². The van der Waals surface area contributed by atoms with Crippen LogP contribution in [0.3, 0.4) is 0 Å². The number of aromatic nitrogens is 1. The third-order valence-electron chi connectivity index (χ3n) is 6.08. The molecule has 1 aromatic carbocycles. The fourth-order valence-electron chi connectivity index (χ4n) is 4.16. The van der Waals surface area contributed by atoms with Gasteiger partial charge in [0.25, 0.3) is 5.91 Å². The topological polar surface area (TPSA) is 108 Å². The Bertz CT molecular complexity index is 1130. The van der Waals surface area contributed by atoms with Crippen LogP contribution in [0.15, 0.2) is 40.9 Å². The van der Waals surface area contributed by atoms with Crippen molar-refractivity contribution in [1.82, 2.24) is 9.88 Å². The van der Waals surface area contributed by atoms with E-state index in [2.05, 4.69) is 34.6 Å². The van der Waals surface area contributed by atoms with Gasteiger partial charge in [0, 0.05) is 23.5 Å². The summed E-state index contributed by atoms with van der Waals surface area (Å²) in [4.78, 5) is 32.4. The molecule has 3 N–H and O–H groups in total. The van der Waals surface area contributed by atoms with Crippen molar-refractivity contribution in [1.29, 1.82) is 0 Å². The van der Waals surface area contributed by atoms with Crippen LogP contribution in [0.5, 0.6) is 5.75 Å². The van der Waals surface area contributed by atoms with E-state index in [1.807, 2.05) is 13.0 Å². The van der Waals surface area contributed by atoms with Gasteiger partial charge in [-0.15, -0.1) is 0 Å². The number of anilines is 2. The lowest BCUT2D eigenvalue weighted by molar-refractivity contribution is -0.121. The second-order valence-corrected chi connectivity index (χ2v) is 8.62. The first-order chi connectivity index (χ1) is 15.3. The van der Waals surface area contributed by atoms with Gasteiger partial charge in [0.05, 0.1) is 0 Å². The van der Waals surface area contributed by atoms with Crippen LogP contribution in [0.2, 0.25) is 0 Å². The summed E-state index contributed by atoms with van der Waals surface area (Å²) in [6.45, 7) is 1.91. The molecule has 1 saturated carbocycles. The monoisotopic (exact) mass is 436 g/mol. The largest absolute Gasteiger partial charge is 0.508 e. The molecule has 1 aliphatic carbocycles. The van der Waals surface area contributed by atoms with Gasteiger partial charge in [-0.3, -0.25) is 9.59 Å². The minimum atomic E-state index is -0.524. The molecule has 1 aliphatic rings. The third kappa shape index (κ3) is 4.60. The average molecular weight is 437 g/mol. The number of pyridine rings is 1. The summed E-state index contributed by atoms with van der Waals surface area (Å²) in [5.74, 6) is -0.429. The molecule has 4 rings (SSSR count). The minimum Gasteiger partial charge on any atom is -0.508 e. The Balaban J connectivity index is 1.59. The Morgan fingerprint density at radius 1 is 1.09 bits per heavy atom. The minimum absolute atomic E-state index is 0.0208. The maximum atomic E-state index is 13.1. The number of phenols is 1. The zero-order valence-electron chi connectivity index (χ0n) is 18.5. The molecule has 32 heavy (non-hydrogen) atoms. The number of furan rings is 1. The van der Waals surface area contributed by atoms with Crippen LogP contribution in [-0.2, 0) is 4.79 Å². The number of amides is 2. The fraction of sp³-hybridized carbons (Fsp3) is 0.375. The summed E-state index contributed by atoms with van der Waals surface area (Å²) in [6, 6.07) is 8.55. The molecule has 0 bridgehead atoms. The molecule has 3 aromatic rings. The molecule has 0 spiro atoms. The van der Waals surface area contributed by atoms with Gasteiger partial charge in [-0.1, -0.05) is 6.07 Å². The van der Waals surface area contributed by atoms with E-state index in [0.717, 1.165) is 31.2 Å². The van der Waals surface area contributed by atoms with Gasteiger partial charge < -0.3 is 25.1 Å². The molecule has 8 nitrogen and oxygen atoms in total. The Morgan fingerprint density at radius 3 is 2.50 bits per heavy atom. The smallest absolute Gasteiger partial charge is 0.294 e. The highest BCUT2D eigenvalue weighted by Gasteiger charge is 2.30. The van der Waals surface area contributed by atoms with Crippen molar-refractivity contribution in [2.24, 2.45) is 5.92 Å². The number of hydrogen-bond donors (Lipinski definition) is 3.